The first kappa shape index (κ1) is 22.8. The number of H-pyrrole nitrogens is 1. The Hall–Kier alpha value is -3.40. The van der Waals surface area contributed by atoms with Crippen molar-refractivity contribution in [3.63, 3.8) is 0 Å². The number of benzene rings is 2. The third kappa shape index (κ3) is 4.85. The average Bonchev–Trinajstić information content (AvgIpc) is 2.76. The summed E-state index contributed by atoms with van der Waals surface area (Å²) >= 11 is 12.3. The Labute approximate surface area is 197 Å². The van der Waals surface area contributed by atoms with Crippen molar-refractivity contribution < 1.29 is 13.9 Å². The van der Waals surface area contributed by atoms with E-state index in [-0.39, 0.29) is 21.3 Å². The highest BCUT2D eigenvalue weighted by molar-refractivity contribution is 6.39. The summed E-state index contributed by atoms with van der Waals surface area (Å²) in [5.74, 6) is -0.258. The largest absolute Gasteiger partial charge is 0.383 e. The van der Waals surface area contributed by atoms with Crippen LogP contribution in [0, 0.1) is 5.82 Å². The van der Waals surface area contributed by atoms with Crippen LogP contribution in [-0.2, 0) is 4.74 Å². The molecule has 0 aliphatic rings. The van der Waals surface area contributed by atoms with E-state index < -0.39 is 11.8 Å². The van der Waals surface area contributed by atoms with Crippen molar-refractivity contribution in [1.82, 2.24) is 15.3 Å². The van der Waals surface area contributed by atoms with Crippen LogP contribution in [0.1, 0.15) is 0 Å². The molecule has 170 valence electrons. The zero-order chi connectivity index (χ0) is 23.5. The van der Waals surface area contributed by atoms with Crippen LogP contribution < -0.4 is 21.5 Å². The quantitative estimate of drug-likeness (QED) is 0.224. The van der Waals surface area contributed by atoms with E-state index in [4.69, 9.17) is 27.9 Å². The van der Waals surface area contributed by atoms with Crippen LogP contribution in [0.2, 0.25) is 10.0 Å². The Morgan fingerprint density at radius 3 is 2.64 bits per heavy atom. The summed E-state index contributed by atoms with van der Waals surface area (Å²) in [5, 5.41) is 9.91. The first-order valence-electron chi connectivity index (χ1n) is 9.78. The number of methoxy groups -OCH3 is 1. The minimum absolute atomic E-state index is 0.0684. The van der Waals surface area contributed by atoms with Gasteiger partial charge in [0, 0.05) is 36.3 Å². The fourth-order valence-electron chi connectivity index (χ4n) is 3.35. The maximum absolute atomic E-state index is 13.6. The van der Waals surface area contributed by atoms with Crippen LogP contribution in [0.25, 0.3) is 21.7 Å². The van der Waals surface area contributed by atoms with E-state index in [0.29, 0.717) is 46.3 Å². The van der Waals surface area contributed by atoms with E-state index in [9.17, 15) is 14.0 Å². The smallest absolute Gasteiger partial charge is 0.319 e. The van der Waals surface area contributed by atoms with Gasteiger partial charge in [0.15, 0.2) is 0 Å². The lowest BCUT2D eigenvalue weighted by atomic mass is 10.1. The topological polar surface area (TPSA) is 108 Å². The van der Waals surface area contributed by atoms with Gasteiger partial charge < -0.3 is 25.7 Å². The molecule has 2 aromatic heterocycles. The number of amides is 2. The van der Waals surface area contributed by atoms with Gasteiger partial charge >= 0.3 is 6.03 Å². The standard InChI is InChI=1S/C22H18Cl2FN5O3/c1-33-7-6-27-22(32)28-12-2-3-17-14(10-12)18-13(4-5-26-21(18)31)20(29-17)30-19-15(23)8-11(25)9-16(19)24/h2-5,8-10H,6-7H2,1H3,(H,26,31)(H,29,30)(H2,27,28,32). The number of rotatable bonds is 6. The van der Waals surface area contributed by atoms with E-state index >= 15 is 0 Å². The molecule has 0 unspecified atom stereocenters. The Kier molecular flexibility index (Phi) is 6.64. The summed E-state index contributed by atoms with van der Waals surface area (Å²) in [4.78, 5) is 32.1. The molecule has 0 aliphatic heterocycles. The number of hydrogen-bond donors (Lipinski definition) is 4. The maximum Gasteiger partial charge on any atom is 0.319 e. The number of urea groups is 1. The van der Waals surface area contributed by atoms with Crippen molar-refractivity contribution in [2.45, 2.75) is 0 Å². The monoisotopic (exact) mass is 489 g/mol. The number of anilines is 3. The van der Waals surface area contributed by atoms with Crippen LogP contribution in [0.15, 0.2) is 47.4 Å². The molecule has 0 saturated heterocycles. The highest BCUT2D eigenvalue weighted by Gasteiger charge is 2.16. The van der Waals surface area contributed by atoms with Crippen molar-refractivity contribution in [3.8, 4) is 0 Å². The number of carbonyl (C=O) groups excluding carboxylic acids is 1. The second-order valence-corrected chi connectivity index (χ2v) is 7.85. The van der Waals surface area contributed by atoms with Crippen LogP contribution >= 0.6 is 23.2 Å². The first-order chi connectivity index (χ1) is 15.9. The number of halogens is 3. The van der Waals surface area contributed by atoms with E-state index in [1.54, 1.807) is 31.4 Å². The molecule has 2 aromatic carbocycles. The van der Waals surface area contributed by atoms with Gasteiger partial charge in [-0.2, -0.15) is 0 Å². The van der Waals surface area contributed by atoms with Crippen molar-refractivity contribution in [3.05, 3.63) is 68.8 Å². The number of fused-ring (bicyclic) bond motifs is 3. The SMILES string of the molecule is COCCNC(=O)Nc1ccc2nc(Nc3c(Cl)cc(F)cc3Cl)c3cc[nH]c(=O)c3c2c1. The fraction of sp³-hybridized carbons (Fsp3) is 0.136. The predicted octanol–water partition coefficient (Wildman–Crippen LogP) is 5.03. The van der Waals surface area contributed by atoms with E-state index in [0.717, 1.165) is 12.1 Å². The minimum Gasteiger partial charge on any atom is -0.383 e. The summed E-state index contributed by atoms with van der Waals surface area (Å²) in [6, 6.07) is 8.52. The molecule has 4 rings (SSSR count). The Bertz CT molecular complexity index is 1400. The molecule has 0 spiro atoms. The molecule has 2 heterocycles. The molecule has 0 radical (unpaired) electrons. The van der Waals surface area contributed by atoms with Gasteiger partial charge in [0.05, 0.1) is 33.2 Å². The van der Waals surface area contributed by atoms with Gasteiger partial charge in [0.25, 0.3) is 5.56 Å². The number of aromatic nitrogens is 2. The van der Waals surface area contributed by atoms with E-state index in [1.165, 1.54) is 6.20 Å². The first-order valence-corrected chi connectivity index (χ1v) is 10.5. The molecular formula is C22H18Cl2FN5O3. The van der Waals surface area contributed by atoms with E-state index in [1.807, 2.05) is 0 Å². The molecular weight excluding hydrogens is 472 g/mol. The van der Waals surface area contributed by atoms with Gasteiger partial charge in [-0.1, -0.05) is 23.2 Å². The third-order valence-corrected chi connectivity index (χ3v) is 5.41. The van der Waals surface area contributed by atoms with Crippen molar-refractivity contribution >= 4 is 68.1 Å². The molecule has 0 bridgehead atoms. The van der Waals surface area contributed by atoms with Gasteiger partial charge in [0.1, 0.15) is 11.6 Å². The van der Waals surface area contributed by atoms with Crippen LogP contribution in [0.5, 0.6) is 0 Å². The van der Waals surface area contributed by atoms with Gasteiger partial charge in [-0.25, -0.2) is 14.2 Å². The summed E-state index contributed by atoms with van der Waals surface area (Å²) in [7, 11) is 1.54. The highest BCUT2D eigenvalue weighted by atomic mass is 35.5. The van der Waals surface area contributed by atoms with Crippen molar-refractivity contribution in [2.24, 2.45) is 0 Å². The third-order valence-electron chi connectivity index (χ3n) is 4.81. The molecule has 8 nitrogen and oxygen atoms in total. The van der Waals surface area contributed by atoms with E-state index in [2.05, 4.69) is 25.9 Å². The molecule has 4 N–H and O–H groups in total. The van der Waals surface area contributed by atoms with Crippen LogP contribution in [0.4, 0.5) is 26.4 Å². The zero-order valence-electron chi connectivity index (χ0n) is 17.3. The molecule has 11 heteroatoms. The summed E-state index contributed by atoms with van der Waals surface area (Å²) in [6.45, 7) is 0.733. The molecule has 4 aromatic rings. The molecule has 2 amide bonds. The molecule has 0 fully saturated rings. The predicted molar refractivity (Wildman–Crippen MR) is 128 cm³/mol. The lowest BCUT2D eigenvalue weighted by molar-refractivity contribution is 0.198. The summed E-state index contributed by atoms with van der Waals surface area (Å²) in [5.41, 5.74) is 0.885. The van der Waals surface area contributed by atoms with Gasteiger partial charge in [0.2, 0.25) is 0 Å². The summed E-state index contributed by atoms with van der Waals surface area (Å²) in [6.07, 6.45) is 1.49. The van der Waals surface area contributed by atoms with Crippen LogP contribution in [0.3, 0.4) is 0 Å². The fourth-order valence-corrected chi connectivity index (χ4v) is 3.91. The normalized spacial score (nSPS) is 11.0. The number of aromatic amines is 1. The second kappa shape index (κ2) is 9.62. The Morgan fingerprint density at radius 2 is 1.91 bits per heavy atom. The van der Waals surface area contributed by atoms with Crippen molar-refractivity contribution in [2.75, 3.05) is 30.9 Å². The lowest BCUT2D eigenvalue weighted by Crippen LogP contribution is -2.31. The maximum atomic E-state index is 13.6. The zero-order valence-corrected chi connectivity index (χ0v) is 18.8. The second-order valence-electron chi connectivity index (χ2n) is 7.03. The lowest BCUT2D eigenvalue weighted by Gasteiger charge is -2.14. The molecule has 0 aliphatic carbocycles. The average molecular weight is 490 g/mol. The Balaban J connectivity index is 1.79. The molecule has 0 atom stereocenters. The van der Waals surface area contributed by atoms with Crippen molar-refractivity contribution in [1.29, 1.82) is 0 Å². The minimum atomic E-state index is -0.574. The molecule has 0 saturated carbocycles. The van der Waals surface area contributed by atoms with Gasteiger partial charge in [-0.15, -0.1) is 0 Å². The number of hydrogen-bond acceptors (Lipinski definition) is 5. The number of nitrogens with one attached hydrogen (secondary N) is 4. The highest BCUT2D eigenvalue weighted by Crippen LogP contribution is 2.36. The van der Waals surface area contributed by atoms with Gasteiger partial charge in [-0.3, -0.25) is 4.79 Å². The number of carbonyl (C=O) groups is 1. The van der Waals surface area contributed by atoms with Crippen LogP contribution in [-0.4, -0.2) is 36.3 Å². The number of nitrogens with zero attached hydrogens (tertiary/aromatic N) is 1. The van der Waals surface area contributed by atoms with Gasteiger partial charge in [-0.05, 0) is 36.4 Å². The Morgan fingerprint density at radius 1 is 1.15 bits per heavy atom. The number of pyridine rings is 2. The number of ether oxygens (including phenoxy) is 1. The molecule has 33 heavy (non-hydrogen) atoms. The summed E-state index contributed by atoms with van der Waals surface area (Å²) < 4.78 is 18.5.